The Labute approximate surface area is 108 Å². The smallest absolute Gasteiger partial charge is 0.0798 e. The van der Waals surface area contributed by atoms with Crippen LogP contribution in [0.3, 0.4) is 0 Å². The van der Waals surface area contributed by atoms with Crippen LogP contribution in [0.25, 0.3) is 0 Å². The minimum atomic E-state index is 0.811. The van der Waals surface area contributed by atoms with Gasteiger partial charge in [0.25, 0.3) is 0 Å². The molecule has 0 saturated heterocycles. The molecule has 88 valence electrons. The van der Waals surface area contributed by atoms with Crippen LogP contribution in [-0.2, 0) is 6.42 Å². The molecule has 1 nitrogen and oxygen atoms in total. The molecule has 0 saturated carbocycles. The highest BCUT2D eigenvalue weighted by Crippen LogP contribution is 2.26. The van der Waals surface area contributed by atoms with Crippen LogP contribution in [0.15, 0.2) is 54.6 Å². The molecule has 0 atom stereocenters. The number of fused-ring (bicyclic) bond motifs is 1. The van der Waals surface area contributed by atoms with Gasteiger partial charge in [0.15, 0.2) is 0 Å². The van der Waals surface area contributed by atoms with Crippen LogP contribution in [0, 0.1) is 11.8 Å². The number of benzene rings is 2. The summed E-state index contributed by atoms with van der Waals surface area (Å²) < 4.78 is 0. The molecule has 0 aliphatic carbocycles. The quantitative estimate of drug-likeness (QED) is 0.684. The van der Waals surface area contributed by atoms with Crippen LogP contribution >= 0.6 is 0 Å². The maximum atomic E-state index is 3.26. The van der Waals surface area contributed by atoms with Crippen molar-refractivity contribution >= 4 is 5.69 Å². The Morgan fingerprint density at radius 2 is 1.72 bits per heavy atom. The largest absolute Gasteiger partial charge is 0.360 e. The molecule has 1 heteroatoms. The van der Waals surface area contributed by atoms with Gasteiger partial charge in [-0.25, -0.2) is 0 Å². The highest BCUT2D eigenvalue weighted by Gasteiger charge is 2.16. The van der Waals surface area contributed by atoms with E-state index in [0.29, 0.717) is 0 Å². The lowest BCUT2D eigenvalue weighted by Crippen LogP contribution is -2.20. The van der Waals surface area contributed by atoms with Gasteiger partial charge in [-0.3, -0.25) is 0 Å². The van der Waals surface area contributed by atoms with Crippen LogP contribution in [0.5, 0.6) is 0 Å². The lowest BCUT2D eigenvalue weighted by atomic mass is 10.2. The second-order valence-electron chi connectivity index (χ2n) is 4.47. The fourth-order valence-electron chi connectivity index (χ4n) is 2.33. The normalized spacial score (nSPS) is 12.8. The van der Waals surface area contributed by atoms with Crippen molar-refractivity contribution in [1.82, 2.24) is 0 Å². The van der Waals surface area contributed by atoms with E-state index in [0.717, 1.165) is 25.1 Å². The highest BCUT2D eigenvalue weighted by atomic mass is 15.1. The second-order valence-corrected chi connectivity index (χ2v) is 4.47. The topological polar surface area (TPSA) is 3.24 Å². The molecule has 0 aromatic heterocycles. The first-order valence-corrected chi connectivity index (χ1v) is 6.30. The number of hydrogen-bond acceptors (Lipinski definition) is 1. The Bertz CT molecular complexity index is 590. The number of para-hydroxylation sites is 1. The average Bonchev–Trinajstić information content (AvgIpc) is 2.84. The molecule has 0 fully saturated rings. The Hall–Kier alpha value is -2.20. The molecule has 2 aromatic carbocycles. The number of nitrogens with zero attached hydrogens (tertiary/aromatic N) is 1. The van der Waals surface area contributed by atoms with E-state index in [1.807, 2.05) is 30.3 Å². The van der Waals surface area contributed by atoms with Crippen molar-refractivity contribution in [3.05, 3.63) is 65.7 Å². The van der Waals surface area contributed by atoms with Crippen molar-refractivity contribution in [3.63, 3.8) is 0 Å². The van der Waals surface area contributed by atoms with Gasteiger partial charge in [-0.1, -0.05) is 48.2 Å². The second kappa shape index (κ2) is 4.98. The third kappa shape index (κ3) is 2.24. The van der Waals surface area contributed by atoms with E-state index in [9.17, 15) is 0 Å². The summed E-state index contributed by atoms with van der Waals surface area (Å²) in [6, 6.07) is 18.8. The predicted molar refractivity (Wildman–Crippen MR) is 75.7 cm³/mol. The van der Waals surface area contributed by atoms with Crippen molar-refractivity contribution in [2.45, 2.75) is 6.42 Å². The van der Waals surface area contributed by atoms with Gasteiger partial charge < -0.3 is 4.90 Å². The molecular formula is C17H15N. The monoisotopic (exact) mass is 233 g/mol. The maximum Gasteiger partial charge on any atom is 0.0798 e. The van der Waals surface area contributed by atoms with E-state index in [2.05, 4.69) is 41.0 Å². The first kappa shape index (κ1) is 10.9. The zero-order valence-corrected chi connectivity index (χ0v) is 10.3. The Balaban J connectivity index is 1.71. The molecule has 0 bridgehead atoms. The van der Waals surface area contributed by atoms with Gasteiger partial charge in [-0.2, -0.15) is 0 Å². The summed E-state index contributed by atoms with van der Waals surface area (Å²) in [7, 11) is 0. The first-order chi connectivity index (χ1) is 8.93. The summed E-state index contributed by atoms with van der Waals surface area (Å²) in [6.07, 6.45) is 1.14. The van der Waals surface area contributed by atoms with Crippen LogP contribution < -0.4 is 4.90 Å². The summed E-state index contributed by atoms with van der Waals surface area (Å²) in [6.45, 7) is 1.90. The third-order valence-electron chi connectivity index (χ3n) is 3.26. The predicted octanol–water partition coefficient (Wildman–Crippen LogP) is 3.10. The van der Waals surface area contributed by atoms with E-state index in [4.69, 9.17) is 0 Å². The maximum absolute atomic E-state index is 3.26. The standard InChI is InChI=1S/C17H15N/c1-2-7-15(8-3-1)9-6-13-18-14-12-16-10-4-5-11-17(16)18/h1-5,7-8,10-11H,12-14H2. The average molecular weight is 233 g/mol. The minimum absolute atomic E-state index is 0.811. The van der Waals surface area contributed by atoms with Gasteiger partial charge in [0.2, 0.25) is 0 Å². The lowest BCUT2D eigenvalue weighted by Gasteiger charge is -2.15. The van der Waals surface area contributed by atoms with Crippen LogP contribution in [0.4, 0.5) is 5.69 Å². The molecule has 1 aliphatic rings. The van der Waals surface area contributed by atoms with E-state index < -0.39 is 0 Å². The summed E-state index contributed by atoms with van der Waals surface area (Å²) in [5, 5.41) is 0. The Kier molecular flexibility index (Phi) is 3.02. The molecule has 0 N–H and O–H groups in total. The lowest BCUT2D eigenvalue weighted by molar-refractivity contribution is 0.914. The van der Waals surface area contributed by atoms with Gasteiger partial charge >= 0.3 is 0 Å². The minimum Gasteiger partial charge on any atom is -0.360 e. The molecule has 0 amide bonds. The molecule has 1 aliphatic heterocycles. The zero-order chi connectivity index (χ0) is 12.2. The van der Waals surface area contributed by atoms with Gasteiger partial charge in [-0.05, 0) is 30.2 Å². The number of rotatable bonds is 1. The van der Waals surface area contributed by atoms with Crippen molar-refractivity contribution in [3.8, 4) is 11.8 Å². The summed E-state index contributed by atoms with van der Waals surface area (Å²) in [5.74, 6) is 6.47. The van der Waals surface area contributed by atoms with E-state index in [-0.39, 0.29) is 0 Å². The van der Waals surface area contributed by atoms with E-state index >= 15 is 0 Å². The first-order valence-electron chi connectivity index (χ1n) is 6.30. The summed E-state index contributed by atoms with van der Waals surface area (Å²) >= 11 is 0. The molecule has 0 unspecified atom stereocenters. The Morgan fingerprint density at radius 3 is 2.61 bits per heavy atom. The fraction of sp³-hybridized carbons (Fsp3) is 0.176. The van der Waals surface area contributed by atoms with Gasteiger partial charge in [0, 0.05) is 17.8 Å². The molecule has 0 spiro atoms. The van der Waals surface area contributed by atoms with Gasteiger partial charge in [0.1, 0.15) is 0 Å². The van der Waals surface area contributed by atoms with Gasteiger partial charge in [0.05, 0.1) is 6.54 Å². The van der Waals surface area contributed by atoms with Crippen molar-refractivity contribution in [2.24, 2.45) is 0 Å². The van der Waals surface area contributed by atoms with E-state index in [1.54, 1.807) is 0 Å². The highest BCUT2D eigenvalue weighted by molar-refractivity contribution is 5.58. The Morgan fingerprint density at radius 1 is 0.944 bits per heavy atom. The number of hydrogen-bond donors (Lipinski definition) is 0. The zero-order valence-electron chi connectivity index (χ0n) is 10.3. The molecular weight excluding hydrogens is 218 g/mol. The number of anilines is 1. The fourth-order valence-corrected chi connectivity index (χ4v) is 2.33. The SMILES string of the molecule is C(#Cc1ccccc1)CN1CCc2ccccc21. The van der Waals surface area contributed by atoms with Crippen molar-refractivity contribution in [1.29, 1.82) is 0 Å². The summed E-state index contributed by atoms with van der Waals surface area (Å²) in [4.78, 5) is 2.35. The van der Waals surface area contributed by atoms with Crippen molar-refractivity contribution in [2.75, 3.05) is 18.0 Å². The van der Waals surface area contributed by atoms with Crippen LogP contribution in [0.2, 0.25) is 0 Å². The third-order valence-corrected chi connectivity index (χ3v) is 3.26. The van der Waals surface area contributed by atoms with Gasteiger partial charge in [-0.15, -0.1) is 0 Å². The van der Waals surface area contributed by atoms with Crippen LogP contribution in [0.1, 0.15) is 11.1 Å². The molecule has 0 radical (unpaired) electrons. The molecule has 18 heavy (non-hydrogen) atoms. The molecule has 2 aromatic rings. The van der Waals surface area contributed by atoms with Crippen LogP contribution in [-0.4, -0.2) is 13.1 Å². The van der Waals surface area contributed by atoms with E-state index in [1.165, 1.54) is 11.3 Å². The van der Waals surface area contributed by atoms with Crippen molar-refractivity contribution < 1.29 is 0 Å². The summed E-state index contributed by atoms with van der Waals surface area (Å²) in [5.41, 5.74) is 3.88. The molecule has 3 rings (SSSR count). The molecule has 1 heterocycles.